The van der Waals surface area contributed by atoms with Gasteiger partial charge in [-0.15, -0.1) is 0 Å². The molecule has 2 aromatic carbocycles. The molecule has 0 atom stereocenters. The molecule has 0 bridgehead atoms. The van der Waals surface area contributed by atoms with Crippen molar-refractivity contribution < 1.29 is 14.3 Å². The predicted molar refractivity (Wildman–Crippen MR) is 111 cm³/mol. The zero-order valence-electron chi connectivity index (χ0n) is 16.6. The van der Waals surface area contributed by atoms with Gasteiger partial charge < -0.3 is 14.8 Å². The van der Waals surface area contributed by atoms with E-state index in [0.717, 1.165) is 22.4 Å². The quantitative estimate of drug-likeness (QED) is 0.667. The lowest BCUT2D eigenvalue weighted by Gasteiger charge is -2.12. The van der Waals surface area contributed by atoms with Crippen LogP contribution < -0.4 is 20.3 Å². The molecule has 0 aliphatic heterocycles. The molecule has 1 amide bonds. The Morgan fingerprint density at radius 2 is 1.86 bits per heavy atom. The fourth-order valence-corrected chi connectivity index (χ4v) is 3.00. The third kappa shape index (κ3) is 4.63. The summed E-state index contributed by atoms with van der Waals surface area (Å²) in [5.74, 6) is 0.898. The van der Waals surface area contributed by atoms with E-state index in [1.165, 1.54) is 6.07 Å². The minimum Gasteiger partial charge on any atom is -0.497 e. The minimum atomic E-state index is -0.366. The Kier molecular flexibility index (Phi) is 6.29. The van der Waals surface area contributed by atoms with E-state index in [-0.39, 0.29) is 18.0 Å². The van der Waals surface area contributed by atoms with Crippen LogP contribution in [-0.2, 0) is 17.8 Å². The van der Waals surface area contributed by atoms with Crippen molar-refractivity contribution in [1.29, 1.82) is 0 Å². The summed E-state index contributed by atoms with van der Waals surface area (Å²) in [5, 5.41) is 7.21. The number of nitrogens with zero attached hydrogens (tertiary/aromatic N) is 2. The molecule has 0 spiro atoms. The molecule has 0 unspecified atom stereocenters. The van der Waals surface area contributed by atoms with Crippen LogP contribution in [0.5, 0.6) is 11.5 Å². The van der Waals surface area contributed by atoms with Crippen LogP contribution in [0.15, 0.2) is 59.4 Å². The predicted octanol–water partition coefficient (Wildman–Crippen LogP) is 3.13. The molecular formula is C22H23N3O4. The van der Waals surface area contributed by atoms with Gasteiger partial charge in [0.25, 0.3) is 5.56 Å². The van der Waals surface area contributed by atoms with Crippen molar-refractivity contribution in [3.05, 3.63) is 70.5 Å². The molecule has 7 nitrogen and oxygen atoms in total. The molecule has 7 heteroatoms. The second kappa shape index (κ2) is 9.05. The molecule has 0 aliphatic carbocycles. The summed E-state index contributed by atoms with van der Waals surface area (Å²) < 4.78 is 11.8. The first-order valence-corrected chi connectivity index (χ1v) is 9.24. The molecule has 3 rings (SSSR count). The Labute approximate surface area is 168 Å². The Morgan fingerprint density at radius 1 is 1.07 bits per heavy atom. The van der Waals surface area contributed by atoms with Crippen molar-refractivity contribution in [2.75, 3.05) is 19.5 Å². The molecule has 3 aromatic rings. The van der Waals surface area contributed by atoms with Gasteiger partial charge in [0.15, 0.2) is 0 Å². The zero-order chi connectivity index (χ0) is 20.8. The number of amides is 1. The highest BCUT2D eigenvalue weighted by Crippen LogP contribution is 2.31. The summed E-state index contributed by atoms with van der Waals surface area (Å²) in [7, 11) is 3.12. The van der Waals surface area contributed by atoms with Crippen LogP contribution in [0.2, 0.25) is 0 Å². The van der Waals surface area contributed by atoms with Gasteiger partial charge in [-0.2, -0.15) is 5.10 Å². The van der Waals surface area contributed by atoms with Gasteiger partial charge in [0.1, 0.15) is 18.0 Å². The summed E-state index contributed by atoms with van der Waals surface area (Å²) in [5.41, 5.74) is 2.56. The van der Waals surface area contributed by atoms with Gasteiger partial charge in [0.2, 0.25) is 5.91 Å². The Bertz CT molecular complexity index is 1080. The standard InChI is InChI=1S/C22H23N3O4/c1-4-15-7-5-6-8-18(15)23-21(26)14-25-22(27)12-10-19(24-25)17-13-16(28-2)9-11-20(17)29-3/h5-13H,4,14H2,1-3H3,(H,23,26). The number of rotatable bonds is 7. The molecule has 1 N–H and O–H groups in total. The lowest BCUT2D eigenvalue weighted by Crippen LogP contribution is -2.29. The number of aromatic nitrogens is 2. The summed E-state index contributed by atoms with van der Waals surface area (Å²) in [6.07, 6.45) is 0.791. The fraction of sp³-hybridized carbons (Fsp3) is 0.227. The van der Waals surface area contributed by atoms with Gasteiger partial charge in [-0.05, 0) is 42.3 Å². The Morgan fingerprint density at radius 3 is 2.59 bits per heavy atom. The maximum Gasteiger partial charge on any atom is 0.267 e. The van der Waals surface area contributed by atoms with Crippen LogP contribution in [0.3, 0.4) is 0 Å². The maximum atomic E-state index is 12.5. The first-order chi connectivity index (χ1) is 14.0. The second-order valence-electron chi connectivity index (χ2n) is 6.34. The summed E-state index contributed by atoms with van der Waals surface area (Å²) in [4.78, 5) is 24.8. The van der Waals surface area contributed by atoms with Crippen molar-refractivity contribution >= 4 is 11.6 Å². The SMILES string of the molecule is CCc1ccccc1NC(=O)Cn1nc(-c2cc(OC)ccc2OC)ccc1=O. The van der Waals surface area contributed by atoms with E-state index in [0.29, 0.717) is 22.8 Å². The van der Waals surface area contributed by atoms with Gasteiger partial charge in [-0.25, -0.2) is 4.68 Å². The van der Waals surface area contributed by atoms with Crippen LogP contribution in [-0.4, -0.2) is 29.9 Å². The van der Waals surface area contributed by atoms with Crippen LogP contribution in [0, 0.1) is 0 Å². The van der Waals surface area contributed by atoms with E-state index in [9.17, 15) is 9.59 Å². The van der Waals surface area contributed by atoms with Crippen molar-refractivity contribution in [3.8, 4) is 22.8 Å². The number of methoxy groups -OCH3 is 2. The van der Waals surface area contributed by atoms with E-state index in [1.54, 1.807) is 38.5 Å². The molecule has 29 heavy (non-hydrogen) atoms. The van der Waals surface area contributed by atoms with Gasteiger partial charge in [0.05, 0.1) is 19.9 Å². The molecule has 0 fully saturated rings. The van der Waals surface area contributed by atoms with Crippen LogP contribution >= 0.6 is 0 Å². The number of ether oxygens (including phenoxy) is 2. The molecule has 0 radical (unpaired) electrons. The summed E-state index contributed by atoms with van der Waals surface area (Å²) in [6.45, 7) is 1.82. The van der Waals surface area contributed by atoms with E-state index in [4.69, 9.17) is 9.47 Å². The number of hydrogen-bond acceptors (Lipinski definition) is 5. The third-order valence-corrected chi connectivity index (χ3v) is 4.51. The summed E-state index contributed by atoms with van der Waals surface area (Å²) >= 11 is 0. The summed E-state index contributed by atoms with van der Waals surface area (Å²) in [6, 6.07) is 15.9. The van der Waals surface area contributed by atoms with Gasteiger partial charge in [-0.1, -0.05) is 25.1 Å². The number of carbonyl (C=O) groups excluding carboxylic acids is 1. The first-order valence-electron chi connectivity index (χ1n) is 9.24. The van der Waals surface area contributed by atoms with Gasteiger partial charge >= 0.3 is 0 Å². The monoisotopic (exact) mass is 393 g/mol. The topological polar surface area (TPSA) is 82.5 Å². The first kappa shape index (κ1) is 20.1. The maximum absolute atomic E-state index is 12.5. The van der Waals surface area contributed by atoms with E-state index >= 15 is 0 Å². The van der Waals surface area contributed by atoms with E-state index in [2.05, 4.69) is 10.4 Å². The highest BCUT2D eigenvalue weighted by Gasteiger charge is 2.13. The average molecular weight is 393 g/mol. The third-order valence-electron chi connectivity index (χ3n) is 4.51. The second-order valence-corrected chi connectivity index (χ2v) is 6.34. The largest absolute Gasteiger partial charge is 0.497 e. The Hall–Kier alpha value is -3.61. The molecule has 1 heterocycles. The lowest BCUT2D eigenvalue weighted by molar-refractivity contribution is -0.117. The van der Waals surface area contributed by atoms with Gasteiger partial charge in [-0.3, -0.25) is 9.59 Å². The minimum absolute atomic E-state index is 0.197. The number of para-hydroxylation sites is 1. The molecule has 1 aromatic heterocycles. The molecular weight excluding hydrogens is 370 g/mol. The van der Waals surface area contributed by atoms with E-state index in [1.807, 2.05) is 31.2 Å². The van der Waals surface area contributed by atoms with Crippen LogP contribution in [0.1, 0.15) is 12.5 Å². The smallest absolute Gasteiger partial charge is 0.267 e. The van der Waals surface area contributed by atoms with Crippen molar-refractivity contribution in [2.45, 2.75) is 19.9 Å². The lowest BCUT2D eigenvalue weighted by atomic mass is 10.1. The van der Waals surface area contributed by atoms with E-state index < -0.39 is 0 Å². The van der Waals surface area contributed by atoms with Crippen molar-refractivity contribution in [1.82, 2.24) is 9.78 Å². The molecule has 0 saturated heterocycles. The molecule has 150 valence electrons. The van der Waals surface area contributed by atoms with Gasteiger partial charge in [0, 0.05) is 17.3 Å². The number of aryl methyl sites for hydroxylation is 1. The zero-order valence-corrected chi connectivity index (χ0v) is 16.6. The number of benzene rings is 2. The fourth-order valence-electron chi connectivity index (χ4n) is 3.00. The number of anilines is 1. The van der Waals surface area contributed by atoms with Crippen LogP contribution in [0.4, 0.5) is 5.69 Å². The Balaban J connectivity index is 1.88. The van der Waals surface area contributed by atoms with Crippen molar-refractivity contribution in [3.63, 3.8) is 0 Å². The highest BCUT2D eigenvalue weighted by molar-refractivity contribution is 5.91. The highest BCUT2D eigenvalue weighted by atomic mass is 16.5. The number of hydrogen-bond donors (Lipinski definition) is 1. The normalized spacial score (nSPS) is 10.4. The molecule has 0 saturated carbocycles. The molecule has 0 aliphatic rings. The number of nitrogens with one attached hydrogen (secondary N) is 1. The van der Waals surface area contributed by atoms with Crippen LogP contribution in [0.25, 0.3) is 11.3 Å². The number of carbonyl (C=O) groups is 1. The average Bonchev–Trinajstić information content (AvgIpc) is 2.75. The van der Waals surface area contributed by atoms with Crippen molar-refractivity contribution in [2.24, 2.45) is 0 Å².